The van der Waals surface area contributed by atoms with Crippen molar-refractivity contribution in [3.8, 4) is 23.8 Å². The van der Waals surface area contributed by atoms with E-state index in [2.05, 4.69) is 58.9 Å². The van der Waals surface area contributed by atoms with Crippen LogP contribution in [0.25, 0.3) is 0 Å². The molecule has 188 valence electrons. The Morgan fingerprint density at radius 1 is 0.882 bits per heavy atom. The average Bonchev–Trinajstić information content (AvgIpc) is 2.78. The molecule has 0 aliphatic heterocycles. The molecule has 0 heterocycles. The highest BCUT2D eigenvalue weighted by molar-refractivity contribution is 6.90. The molecule has 0 N–H and O–H groups in total. The first-order chi connectivity index (χ1) is 16.1. The molecule has 0 saturated heterocycles. The first kappa shape index (κ1) is 29.9. The molecule has 1 rings (SSSR count). The van der Waals surface area contributed by atoms with Gasteiger partial charge < -0.3 is 18.9 Å². The second-order valence-electron chi connectivity index (χ2n) is 9.34. The van der Waals surface area contributed by atoms with E-state index in [0.717, 1.165) is 11.1 Å². The van der Waals surface area contributed by atoms with Crippen molar-refractivity contribution in [1.29, 1.82) is 0 Å². The van der Waals surface area contributed by atoms with Gasteiger partial charge in [-0.25, -0.2) is 4.79 Å². The summed E-state index contributed by atoms with van der Waals surface area (Å²) in [5.74, 6) is 5.69. The van der Waals surface area contributed by atoms with E-state index in [1.54, 1.807) is 19.2 Å². The minimum atomic E-state index is -1.91. The van der Waals surface area contributed by atoms with Gasteiger partial charge in [-0.1, -0.05) is 53.4 Å². The van der Waals surface area contributed by atoms with E-state index in [9.17, 15) is 4.79 Å². The molecule has 34 heavy (non-hydrogen) atoms. The van der Waals surface area contributed by atoms with Gasteiger partial charge in [-0.05, 0) is 41.2 Å². The summed E-state index contributed by atoms with van der Waals surface area (Å²) >= 11 is 0. The third kappa shape index (κ3) is 8.29. The standard InChI is InChI=1S/C28H42O5Si/c1-10-25-19-27(28(29)33-17-16-32-15-14-31-13-12-30-9)20-26(24(25)8)11-18-34(21(2)3,22(4)5)23(6)7/h1,19-23H,12-17H2,2-9H3. The van der Waals surface area contributed by atoms with Gasteiger partial charge in [0, 0.05) is 18.2 Å². The van der Waals surface area contributed by atoms with Crippen LogP contribution in [0.4, 0.5) is 0 Å². The van der Waals surface area contributed by atoms with E-state index >= 15 is 0 Å². The number of hydrogen-bond acceptors (Lipinski definition) is 5. The zero-order valence-corrected chi connectivity index (χ0v) is 23.2. The molecule has 5 nitrogen and oxygen atoms in total. The van der Waals surface area contributed by atoms with Gasteiger partial charge in [0.25, 0.3) is 0 Å². The number of hydrogen-bond donors (Lipinski definition) is 0. The van der Waals surface area contributed by atoms with Gasteiger partial charge in [-0.3, -0.25) is 0 Å². The molecule has 0 radical (unpaired) electrons. The van der Waals surface area contributed by atoms with Crippen LogP contribution in [0.3, 0.4) is 0 Å². The highest BCUT2D eigenvalue weighted by atomic mass is 28.3. The molecule has 6 heteroatoms. The monoisotopic (exact) mass is 486 g/mol. The van der Waals surface area contributed by atoms with Crippen molar-refractivity contribution >= 4 is 14.0 Å². The number of carbonyl (C=O) groups is 1. The molecule has 0 bridgehead atoms. The second-order valence-corrected chi connectivity index (χ2v) is 14.9. The van der Waals surface area contributed by atoms with Crippen molar-refractivity contribution < 1.29 is 23.7 Å². The zero-order valence-electron chi connectivity index (χ0n) is 22.2. The summed E-state index contributed by atoms with van der Waals surface area (Å²) in [6.07, 6.45) is 5.73. The number of esters is 1. The van der Waals surface area contributed by atoms with E-state index in [4.69, 9.17) is 25.4 Å². The molecule has 0 aliphatic carbocycles. The van der Waals surface area contributed by atoms with Crippen molar-refractivity contribution in [1.82, 2.24) is 0 Å². The molecule has 0 unspecified atom stereocenters. The van der Waals surface area contributed by atoms with Crippen LogP contribution in [0, 0.1) is 30.7 Å². The Morgan fingerprint density at radius 2 is 1.38 bits per heavy atom. The van der Waals surface area contributed by atoms with Gasteiger partial charge >= 0.3 is 5.97 Å². The Bertz CT molecular complexity index is 865. The van der Waals surface area contributed by atoms with Crippen molar-refractivity contribution in [2.45, 2.75) is 65.1 Å². The second kappa shape index (κ2) is 15.0. The SMILES string of the molecule is C#Cc1cc(C(=O)OCCOCCOCCOC)cc(C#C[Si](C(C)C)(C(C)C)C(C)C)c1C. The molecule has 0 spiro atoms. The lowest BCUT2D eigenvalue weighted by atomic mass is 9.99. The highest BCUT2D eigenvalue weighted by Gasteiger charge is 2.41. The maximum Gasteiger partial charge on any atom is 0.338 e. The summed E-state index contributed by atoms with van der Waals surface area (Å²) in [6.45, 7) is 18.1. The summed E-state index contributed by atoms with van der Waals surface area (Å²) in [7, 11) is -0.286. The minimum absolute atomic E-state index is 0.154. The van der Waals surface area contributed by atoms with Crippen molar-refractivity contribution in [2.75, 3.05) is 46.8 Å². The Balaban J connectivity index is 2.95. The fraction of sp³-hybridized carbons (Fsp3) is 0.607. The topological polar surface area (TPSA) is 54.0 Å². The van der Waals surface area contributed by atoms with E-state index in [0.29, 0.717) is 60.8 Å². The third-order valence-corrected chi connectivity index (χ3v) is 12.6. The molecule has 0 fully saturated rings. The molecular formula is C28H42O5Si. The molecule has 0 saturated carbocycles. The van der Waals surface area contributed by atoms with E-state index in [1.165, 1.54) is 0 Å². The maximum atomic E-state index is 12.7. The number of carbonyl (C=O) groups excluding carboxylic acids is 1. The van der Waals surface area contributed by atoms with Crippen LogP contribution in [0.15, 0.2) is 12.1 Å². The number of benzene rings is 1. The van der Waals surface area contributed by atoms with Crippen molar-refractivity contribution in [3.63, 3.8) is 0 Å². The maximum absolute atomic E-state index is 12.7. The first-order valence-corrected chi connectivity index (χ1v) is 14.3. The predicted molar refractivity (Wildman–Crippen MR) is 141 cm³/mol. The lowest BCUT2D eigenvalue weighted by Crippen LogP contribution is -2.43. The molecule has 0 aromatic heterocycles. The van der Waals surface area contributed by atoms with Crippen LogP contribution in [0.1, 0.15) is 68.6 Å². The quantitative estimate of drug-likeness (QED) is 0.162. The fourth-order valence-corrected chi connectivity index (χ4v) is 9.68. The van der Waals surface area contributed by atoms with Gasteiger partial charge in [0.1, 0.15) is 14.7 Å². The van der Waals surface area contributed by atoms with Gasteiger partial charge in [0.05, 0.1) is 38.6 Å². The number of terminal acetylenes is 1. The summed E-state index contributed by atoms with van der Waals surface area (Å²) in [4.78, 5) is 12.7. The van der Waals surface area contributed by atoms with Crippen LogP contribution in [0.5, 0.6) is 0 Å². The van der Waals surface area contributed by atoms with Crippen LogP contribution in [-0.4, -0.2) is 60.8 Å². The first-order valence-electron chi connectivity index (χ1n) is 12.1. The van der Waals surface area contributed by atoms with Gasteiger partial charge in [-0.2, -0.15) is 0 Å². The predicted octanol–water partition coefficient (Wildman–Crippen LogP) is 5.38. The van der Waals surface area contributed by atoms with Crippen molar-refractivity contribution in [3.05, 3.63) is 34.4 Å². The number of ether oxygens (including phenoxy) is 4. The highest BCUT2D eigenvalue weighted by Crippen LogP contribution is 2.40. The molecule has 0 aliphatic rings. The zero-order chi connectivity index (χ0) is 25.7. The lowest BCUT2D eigenvalue weighted by Gasteiger charge is -2.38. The Morgan fingerprint density at radius 3 is 1.88 bits per heavy atom. The molecular weight excluding hydrogens is 444 g/mol. The van der Waals surface area contributed by atoms with Crippen LogP contribution < -0.4 is 0 Å². The van der Waals surface area contributed by atoms with E-state index in [-0.39, 0.29) is 6.61 Å². The normalized spacial score (nSPS) is 11.5. The van der Waals surface area contributed by atoms with Crippen molar-refractivity contribution in [2.24, 2.45) is 0 Å². The lowest BCUT2D eigenvalue weighted by molar-refractivity contribution is 0.00570. The summed E-state index contributed by atoms with van der Waals surface area (Å²) in [5.41, 5.74) is 8.07. The van der Waals surface area contributed by atoms with Crippen LogP contribution in [0.2, 0.25) is 16.6 Å². The van der Waals surface area contributed by atoms with Gasteiger partial charge in [0.2, 0.25) is 0 Å². The van der Waals surface area contributed by atoms with Gasteiger partial charge in [0.15, 0.2) is 0 Å². The summed E-state index contributed by atoms with van der Waals surface area (Å²) in [5, 5.41) is 0. The molecule has 1 aromatic carbocycles. The fourth-order valence-electron chi connectivity index (χ4n) is 4.46. The minimum Gasteiger partial charge on any atom is -0.460 e. The molecule has 1 aromatic rings. The largest absolute Gasteiger partial charge is 0.460 e. The van der Waals surface area contributed by atoms with Crippen LogP contribution in [-0.2, 0) is 18.9 Å². The summed E-state index contributed by atoms with van der Waals surface area (Å²) < 4.78 is 21.1. The summed E-state index contributed by atoms with van der Waals surface area (Å²) in [6, 6.07) is 3.50. The van der Waals surface area contributed by atoms with E-state index < -0.39 is 14.0 Å². The molecule has 0 atom stereocenters. The Hall–Kier alpha value is -2.09. The average molecular weight is 487 g/mol. The third-order valence-electron chi connectivity index (χ3n) is 6.34. The van der Waals surface area contributed by atoms with Gasteiger partial charge in [-0.15, -0.1) is 12.0 Å². The van der Waals surface area contributed by atoms with E-state index in [1.807, 2.05) is 6.92 Å². The Labute approximate surface area is 207 Å². The Kier molecular flexibility index (Phi) is 13.2. The smallest absolute Gasteiger partial charge is 0.338 e. The van der Waals surface area contributed by atoms with Crippen LogP contribution >= 0.6 is 0 Å². The number of methoxy groups -OCH3 is 1. The number of rotatable bonds is 13. The molecule has 0 amide bonds.